The lowest BCUT2D eigenvalue weighted by atomic mass is 10.0. The number of aldehydes is 1. The Morgan fingerprint density at radius 3 is 2.63 bits per heavy atom. The van der Waals surface area contributed by atoms with Crippen LogP contribution in [-0.2, 0) is 4.79 Å². The van der Waals surface area contributed by atoms with E-state index in [1.807, 2.05) is 25.7 Å². The molecule has 4 heterocycles. The van der Waals surface area contributed by atoms with E-state index >= 15 is 8.78 Å². The van der Waals surface area contributed by atoms with Gasteiger partial charge in [0.05, 0.1) is 33.7 Å². The first kappa shape index (κ1) is 28.6. The van der Waals surface area contributed by atoms with Crippen LogP contribution in [0, 0.1) is 18.6 Å². The topological polar surface area (TPSA) is 101 Å². The molecular formula is C31H29ClF2N6O3. The molecule has 3 aromatic heterocycles. The van der Waals surface area contributed by atoms with Gasteiger partial charge in [0.1, 0.15) is 18.8 Å². The van der Waals surface area contributed by atoms with Crippen LogP contribution in [0.25, 0.3) is 28.0 Å². The Labute approximate surface area is 252 Å². The summed E-state index contributed by atoms with van der Waals surface area (Å²) in [5.74, 6) is -1.75. The quantitative estimate of drug-likeness (QED) is 0.218. The van der Waals surface area contributed by atoms with E-state index < -0.39 is 23.6 Å². The van der Waals surface area contributed by atoms with Gasteiger partial charge in [0.2, 0.25) is 5.91 Å². The van der Waals surface area contributed by atoms with Crippen molar-refractivity contribution in [1.82, 2.24) is 24.4 Å². The van der Waals surface area contributed by atoms with Crippen LogP contribution in [0.15, 0.2) is 47.9 Å². The number of aromatic nitrogens is 4. The summed E-state index contributed by atoms with van der Waals surface area (Å²) in [6.07, 6.45) is 1.16. The summed E-state index contributed by atoms with van der Waals surface area (Å²) in [6, 6.07) is 4.86. The zero-order chi connectivity index (χ0) is 32.0. The van der Waals surface area contributed by atoms with Gasteiger partial charge in [0.15, 0.2) is 11.9 Å². The van der Waals surface area contributed by atoms with Crippen molar-refractivity contribution in [2.45, 2.75) is 39.7 Å². The zero-order valence-electron chi connectivity index (χ0n) is 25.0. The van der Waals surface area contributed by atoms with Crippen LogP contribution in [0.5, 0.6) is 0 Å². The number of pyridine rings is 2. The van der Waals surface area contributed by atoms with Gasteiger partial charge in [-0.25, -0.2) is 23.1 Å². The highest BCUT2D eigenvalue weighted by Gasteiger charge is 2.31. The van der Waals surface area contributed by atoms with Crippen LogP contribution in [0.3, 0.4) is 0 Å². The SMILES string of the molecule is [2H]C(=O)c1cccc(F)c1-c1nc2c(cc1Cl)c(N1CCN(C(=O)C=C)C[C@@H]1C)nc(=O)n2-c1c(C(C)C)ncc(F)c1C. The monoisotopic (exact) mass is 607 g/mol. The summed E-state index contributed by atoms with van der Waals surface area (Å²) in [4.78, 5) is 55.3. The molecule has 0 aliphatic carbocycles. The Morgan fingerprint density at radius 2 is 1.98 bits per heavy atom. The maximum atomic E-state index is 15.3. The highest BCUT2D eigenvalue weighted by atomic mass is 35.5. The van der Waals surface area contributed by atoms with E-state index in [2.05, 4.69) is 21.5 Å². The Morgan fingerprint density at radius 1 is 1.23 bits per heavy atom. The minimum atomic E-state index is -1.15. The number of halogens is 3. The molecular weight excluding hydrogens is 578 g/mol. The number of hydrogen-bond donors (Lipinski definition) is 0. The van der Waals surface area contributed by atoms with E-state index in [0.717, 1.165) is 16.8 Å². The lowest BCUT2D eigenvalue weighted by molar-refractivity contribution is -0.126. The Balaban J connectivity index is 1.88. The number of fused-ring (bicyclic) bond motifs is 1. The zero-order valence-corrected chi connectivity index (χ0v) is 24.7. The van der Waals surface area contributed by atoms with Crippen LogP contribution < -0.4 is 10.6 Å². The van der Waals surface area contributed by atoms with E-state index in [1.165, 1.54) is 31.2 Å². The van der Waals surface area contributed by atoms with Crippen molar-refractivity contribution < 1.29 is 19.7 Å². The van der Waals surface area contributed by atoms with Crippen molar-refractivity contribution in [3.63, 3.8) is 0 Å². The molecule has 1 amide bonds. The Bertz CT molecular complexity index is 1910. The number of amides is 1. The molecule has 1 fully saturated rings. The van der Waals surface area contributed by atoms with Crippen molar-refractivity contribution in [3.05, 3.63) is 87.1 Å². The minimum Gasteiger partial charge on any atom is -0.350 e. The minimum absolute atomic E-state index is 0.0276. The van der Waals surface area contributed by atoms with Crippen molar-refractivity contribution in [2.24, 2.45) is 0 Å². The molecule has 12 heteroatoms. The van der Waals surface area contributed by atoms with Crippen molar-refractivity contribution in [2.75, 3.05) is 24.5 Å². The average molecular weight is 608 g/mol. The third kappa shape index (κ3) is 5.18. The molecule has 222 valence electrons. The molecule has 1 atom stereocenters. The second-order valence-electron chi connectivity index (χ2n) is 10.7. The van der Waals surface area contributed by atoms with Gasteiger partial charge in [-0.05, 0) is 38.0 Å². The van der Waals surface area contributed by atoms with Crippen molar-refractivity contribution in [3.8, 4) is 16.9 Å². The molecule has 0 spiro atoms. The summed E-state index contributed by atoms with van der Waals surface area (Å²) in [5, 5.41) is 0.229. The number of rotatable bonds is 6. The molecule has 9 nitrogen and oxygen atoms in total. The van der Waals surface area contributed by atoms with Gasteiger partial charge in [-0.3, -0.25) is 14.6 Å². The smallest absolute Gasteiger partial charge is 0.350 e. The summed E-state index contributed by atoms with van der Waals surface area (Å²) < 4.78 is 39.1. The van der Waals surface area contributed by atoms with Crippen LogP contribution in [-0.4, -0.2) is 62.3 Å². The predicted octanol–water partition coefficient (Wildman–Crippen LogP) is 5.24. The first-order valence-corrected chi connectivity index (χ1v) is 14.0. The molecule has 1 saturated heterocycles. The molecule has 1 aromatic carbocycles. The molecule has 0 unspecified atom stereocenters. The third-order valence-electron chi connectivity index (χ3n) is 7.59. The number of carbonyl (C=O) groups is 2. The van der Waals surface area contributed by atoms with Gasteiger partial charge in [-0.1, -0.05) is 44.2 Å². The van der Waals surface area contributed by atoms with E-state index in [0.29, 0.717) is 30.7 Å². The molecule has 0 radical (unpaired) electrons. The fourth-order valence-electron chi connectivity index (χ4n) is 5.45. The largest absolute Gasteiger partial charge is 0.355 e. The number of nitrogens with zero attached hydrogens (tertiary/aromatic N) is 6. The average Bonchev–Trinajstić information content (AvgIpc) is 2.98. The number of benzene rings is 1. The number of piperazine rings is 1. The van der Waals surface area contributed by atoms with Crippen molar-refractivity contribution in [1.29, 1.82) is 0 Å². The lowest BCUT2D eigenvalue weighted by Gasteiger charge is -2.40. The highest BCUT2D eigenvalue weighted by Crippen LogP contribution is 2.37. The Hall–Kier alpha value is -4.51. The van der Waals surface area contributed by atoms with Gasteiger partial charge in [-0.2, -0.15) is 4.98 Å². The fraction of sp³-hybridized carbons (Fsp3) is 0.290. The van der Waals surface area contributed by atoms with Gasteiger partial charge in [0.25, 0.3) is 0 Å². The van der Waals surface area contributed by atoms with Crippen molar-refractivity contribution >= 4 is 40.6 Å². The van der Waals surface area contributed by atoms with Gasteiger partial charge in [-0.15, -0.1) is 0 Å². The number of anilines is 1. The fourth-order valence-corrected chi connectivity index (χ4v) is 5.69. The molecule has 5 rings (SSSR count). The Kier molecular flexibility index (Phi) is 7.74. The van der Waals surface area contributed by atoms with Crippen LogP contribution in [0.2, 0.25) is 5.02 Å². The second-order valence-corrected chi connectivity index (χ2v) is 11.1. The molecule has 1 aliphatic rings. The number of hydrogen-bond acceptors (Lipinski definition) is 7. The van der Waals surface area contributed by atoms with E-state index in [1.54, 1.807) is 4.90 Å². The molecule has 43 heavy (non-hydrogen) atoms. The molecule has 4 aromatic rings. The van der Waals surface area contributed by atoms with Crippen LogP contribution in [0.1, 0.15) is 49.7 Å². The normalized spacial score (nSPS) is 15.6. The van der Waals surface area contributed by atoms with Gasteiger partial charge >= 0.3 is 5.69 Å². The van der Waals surface area contributed by atoms with Gasteiger partial charge in [0, 0.05) is 42.4 Å². The van der Waals surface area contributed by atoms with E-state index in [-0.39, 0.29) is 62.4 Å². The maximum absolute atomic E-state index is 15.3. The van der Waals surface area contributed by atoms with Crippen LogP contribution in [0.4, 0.5) is 14.6 Å². The first-order chi connectivity index (χ1) is 20.8. The summed E-state index contributed by atoms with van der Waals surface area (Å²) >= 11 is 6.72. The first-order valence-electron chi connectivity index (χ1n) is 14.1. The van der Waals surface area contributed by atoms with E-state index in [9.17, 15) is 14.4 Å². The van der Waals surface area contributed by atoms with Gasteiger partial charge < -0.3 is 9.80 Å². The second kappa shape index (κ2) is 11.6. The van der Waals surface area contributed by atoms with Crippen LogP contribution >= 0.6 is 11.6 Å². The van der Waals surface area contributed by atoms with E-state index in [4.69, 9.17) is 13.0 Å². The molecule has 0 N–H and O–H groups in total. The highest BCUT2D eigenvalue weighted by molar-refractivity contribution is 6.34. The molecule has 0 saturated carbocycles. The predicted molar refractivity (Wildman–Crippen MR) is 161 cm³/mol. The lowest BCUT2D eigenvalue weighted by Crippen LogP contribution is -2.54. The number of carbonyl (C=O) groups excluding carboxylic acids is 2. The molecule has 1 aliphatic heterocycles. The molecule has 0 bridgehead atoms. The summed E-state index contributed by atoms with van der Waals surface area (Å²) in [7, 11) is 0. The summed E-state index contributed by atoms with van der Waals surface area (Å²) in [6.45, 7) is 11.6. The third-order valence-corrected chi connectivity index (χ3v) is 7.88. The summed E-state index contributed by atoms with van der Waals surface area (Å²) in [5.41, 5.74) is -0.927. The maximum Gasteiger partial charge on any atom is 0.355 e. The standard InChI is InChI=1S/C31H29ClF2N6O3/c1-6-24(42)38-10-11-39(17(4)14-38)29-20-12-21(32)27(25-19(15-41)8-7-9-22(25)33)36-30(20)40(31(43)37-29)28-18(5)23(34)13-35-26(28)16(2)3/h6-9,12-13,15-17H,1,10-11,14H2,2-5H3/t17-/m0/s1/i15D.